The van der Waals surface area contributed by atoms with Gasteiger partial charge in [0.1, 0.15) is 5.82 Å². The molecule has 0 amide bonds. The normalized spacial score (nSPS) is 10.8. The monoisotopic (exact) mass is 407 g/mol. The molecule has 0 aliphatic carbocycles. The number of halogens is 2. The highest BCUT2D eigenvalue weighted by Crippen LogP contribution is 2.32. The first-order valence-corrected chi connectivity index (χ1v) is 8.45. The number of phenols is 1. The summed E-state index contributed by atoms with van der Waals surface area (Å²) in [5.74, 6) is 1.26. The maximum absolute atomic E-state index is 9.87. The van der Waals surface area contributed by atoms with Crippen molar-refractivity contribution in [2.75, 3.05) is 19.0 Å². The van der Waals surface area contributed by atoms with E-state index in [1.807, 2.05) is 6.07 Å². The molecule has 0 aliphatic heterocycles. The molecule has 0 saturated carbocycles. The molecule has 2 aromatic carbocycles. The van der Waals surface area contributed by atoms with Crippen LogP contribution in [0.4, 0.5) is 5.82 Å². The van der Waals surface area contributed by atoms with Gasteiger partial charge in [0.2, 0.25) is 0 Å². The van der Waals surface area contributed by atoms with Gasteiger partial charge in [0, 0.05) is 16.0 Å². The fourth-order valence-electron chi connectivity index (χ4n) is 2.34. The zero-order valence-electron chi connectivity index (χ0n) is 12.9. The summed E-state index contributed by atoms with van der Waals surface area (Å²) >= 11 is 9.43. The van der Waals surface area contributed by atoms with Crippen molar-refractivity contribution in [2.45, 2.75) is 6.42 Å². The van der Waals surface area contributed by atoms with Crippen LogP contribution in [0, 0.1) is 0 Å². The molecule has 5 nitrogen and oxygen atoms in total. The van der Waals surface area contributed by atoms with Crippen LogP contribution >= 0.6 is 27.5 Å². The molecule has 0 fully saturated rings. The lowest BCUT2D eigenvalue weighted by atomic mass is 10.1. The number of anilines is 1. The predicted molar refractivity (Wildman–Crippen MR) is 99.1 cm³/mol. The lowest BCUT2D eigenvalue weighted by Crippen LogP contribution is -2.07. The largest absolute Gasteiger partial charge is 0.504 e. The van der Waals surface area contributed by atoms with Crippen molar-refractivity contribution >= 4 is 44.4 Å². The highest BCUT2D eigenvalue weighted by molar-refractivity contribution is 9.10. The summed E-state index contributed by atoms with van der Waals surface area (Å²) in [5.41, 5.74) is 2.52. The van der Waals surface area contributed by atoms with Crippen LogP contribution in [0.25, 0.3) is 11.0 Å². The second kappa shape index (κ2) is 7.23. The average molecular weight is 409 g/mol. The standard InChI is InChI=1S/C17H15BrClN3O2/c1-24-16-8-12(18)10(6-15(16)23)4-5-20-17-9-21-14-7-11(19)2-3-13(14)22-17/h2-3,6-9,23H,4-5H2,1H3,(H,20,22). The van der Waals surface area contributed by atoms with E-state index in [0.717, 1.165) is 21.1 Å². The van der Waals surface area contributed by atoms with Crippen LogP contribution in [-0.4, -0.2) is 28.7 Å². The van der Waals surface area contributed by atoms with E-state index in [1.54, 1.807) is 30.5 Å². The minimum Gasteiger partial charge on any atom is -0.504 e. The van der Waals surface area contributed by atoms with E-state index >= 15 is 0 Å². The third kappa shape index (κ3) is 3.71. The van der Waals surface area contributed by atoms with E-state index in [1.165, 1.54) is 7.11 Å². The van der Waals surface area contributed by atoms with Gasteiger partial charge in [0.15, 0.2) is 11.5 Å². The molecule has 0 spiro atoms. The molecule has 0 atom stereocenters. The van der Waals surface area contributed by atoms with Crippen molar-refractivity contribution in [1.82, 2.24) is 9.97 Å². The van der Waals surface area contributed by atoms with E-state index < -0.39 is 0 Å². The van der Waals surface area contributed by atoms with Crippen molar-refractivity contribution in [3.05, 3.63) is 51.6 Å². The maximum atomic E-state index is 9.87. The van der Waals surface area contributed by atoms with E-state index in [9.17, 15) is 5.11 Å². The maximum Gasteiger partial charge on any atom is 0.161 e. The topological polar surface area (TPSA) is 67.3 Å². The van der Waals surface area contributed by atoms with Gasteiger partial charge >= 0.3 is 0 Å². The third-order valence-electron chi connectivity index (χ3n) is 3.55. The highest BCUT2D eigenvalue weighted by Gasteiger charge is 2.08. The Morgan fingerprint density at radius 1 is 1.25 bits per heavy atom. The molecule has 0 unspecified atom stereocenters. The molecule has 0 radical (unpaired) electrons. The molecular weight excluding hydrogens is 394 g/mol. The molecule has 24 heavy (non-hydrogen) atoms. The predicted octanol–water partition coefficient (Wildman–Crippen LogP) is 4.41. The van der Waals surface area contributed by atoms with E-state index in [-0.39, 0.29) is 5.75 Å². The minimum atomic E-state index is 0.123. The van der Waals surface area contributed by atoms with Crippen LogP contribution < -0.4 is 10.1 Å². The molecule has 1 heterocycles. The second-order valence-electron chi connectivity index (χ2n) is 5.18. The smallest absolute Gasteiger partial charge is 0.161 e. The number of ether oxygens (including phenoxy) is 1. The molecule has 124 valence electrons. The molecular formula is C17H15BrClN3O2. The SMILES string of the molecule is COc1cc(Br)c(CCNc2cnc3cc(Cl)ccc3n2)cc1O. The molecule has 3 aromatic rings. The summed E-state index contributed by atoms with van der Waals surface area (Å²) < 4.78 is 5.97. The van der Waals surface area contributed by atoms with Crippen molar-refractivity contribution in [1.29, 1.82) is 0 Å². The number of aromatic hydroxyl groups is 1. The number of nitrogens with one attached hydrogen (secondary N) is 1. The molecule has 2 N–H and O–H groups in total. The Kier molecular flexibility index (Phi) is 5.06. The van der Waals surface area contributed by atoms with Crippen molar-refractivity contribution in [2.24, 2.45) is 0 Å². The Morgan fingerprint density at radius 2 is 2.08 bits per heavy atom. The summed E-state index contributed by atoms with van der Waals surface area (Å²) in [7, 11) is 1.52. The number of rotatable bonds is 5. The van der Waals surface area contributed by atoms with Gasteiger partial charge in [-0.2, -0.15) is 0 Å². The van der Waals surface area contributed by atoms with Crippen molar-refractivity contribution in [3.63, 3.8) is 0 Å². The summed E-state index contributed by atoms with van der Waals surface area (Å²) in [4.78, 5) is 8.85. The molecule has 3 rings (SSSR count). The zero-order valence-corrected chi connectivity index (χ0v) is 15.2. The number of aromatic nitrogens is 2. The summed E-state index contributed by atoms with van der Waals surface area (Å²) in [5, 5.41) is 13.7. The summed E-state index contributed by atoms with van der Waals surface area (Å²) in [6.45, 7) is 0.651. The number of hydrogen-bond donors (Lipinski definition) is 2. The van der Waals surface area contributed by atoms with Gasteiger partial charge in [-0.1, -0.05) is 27.5 Å². The summed E-state index contributed by atoms with van der Waals surface area (Å²) in [6, 6.07) is 8.86. The van der Waals surface area contributed by atoms with Gasteiger partial charge in [-0.15, -0.1) is 0 Å². The quantitative estimate of drug-likeness (QED) is 0.654. The first kappa shape index (κ1) is 16.8. The molecule has 0 aliphatic rings. The Labute approximate surface area is 152 Å². The molecule has 1 aromatic heterocycles. The first-order valence-electron chi connectivity index (χ1n) is 7.28. The van der Waals surface area contributed by atoms with Gasteiger partial charge in [0.25, 0.3) is 0 Å². The number of fused-ring (bicyclic) bond motifs is 1. The average Bonchev–Trinajstić information content (AvgIpc) is 2.57. The van der Waals surface area contributed by atoms with Crippen LogP contribution in [0.3, 0.4) is 0 Å². The zero-order chi connectivity index (χ0) is 17.1. The lowest BCUT2D eigenvalue weighted by molar-refractivity contribution is 0.372. The second-order valence-corrected chi connectivity index (χ2v) is 6.47. The summed E-state index contributed by atoms with van der Waals surface area (Å²) in [6.07, 6.45) is 2.39. The minimum absolute atomic E-state index is 0.123. The van der Waals surface area contributed by atoms with Gasteiger partial charge in [-0.25, -0.2) is 4.98 Å². The number of hydrogen-bond acceptors (Lipinski definition) is 5. The van der Waals surface area contributed by atoms with Crippen LogP contribution in [0.15, 0.2) is 41.0 Å². The number of benzene rings is 2. The Balaban J connectivity index is 1.68. The Bertz CT molecular complexity index is 889. The van der Waals surface area contributed by atoms with Crippen molar-refractivity contribution in [3.8, 4) is 11.5 Å². The highest BCUT2D eigenvalue weighted by atomic mass is 79.9. The first-order chi connectivity index (χ1) is 11.6. The number of methoxy groups -OCH3 is 1. The van der Waals surface area contributed by atoms with E-state index in [0.29, 0.717) is 29.6 Å². The molecule has 7 heteroatoms. The lowest BCUT2D eigenvalue weighted by Gasteiger charge is -2.10. The third-order valence-corrected chi connectivity index (χ3v) is 4.53. The van der Waals surface area contributed by atoms with Crippen molar-refractivity contribution < 1.29 is 9.84 Å². The van der Waals surface area contributed by atoms with Crippen LogP contribution in [0.5, 0.6) is 11.5 Å². The number of phenolic OH excluding ortho intramolecular Hbond substituents is 1. The van der Waals surface area contributed by atoms with Gasteiger partial charge in [-0.05, 0) is 42.3 Å². The molecule has 0 saturated heterocycles. The van der Waals surface area contributed by atoms with Crippen LogP contribution in [-0.2, 0) is 6.42 Å². The van der Waals surface area contributed by atoms with Crippen LogP contribution in [0.2, 0.25) is 5.02 Å². The Morgan fingerprint density at radius 3 is 2.88 bits per heavy atom. The van der Waals surface area contributed by atoms with Crippen LogP contribution in [0.1, 0.15) is 5.56 Å². The van der Waals surface area contributed by atoms with Gasteiger partial charge in [0.05, 0.1) is 24.3 Å². The molecule has 0 bridgehead atoms. The number of nitrogens with zero attached hydrogens (tertiary/aromatic N) is 2. The van der Waals surface area contributed by atoms with Gasteiger partial charge in [-0.3, -0.25) is 4.98 Å². The fraction of sp³-hybridized carbons (Fsp3) is 0.176. The van der Waals surface area contributed by atoms with Gasteiger partial charge < -0.3 is 15.2 Å². The Hall–Kier alpha value is -2.05. The van der Waals surface area contributed by atoms with E-state index in [2.05, 4.69) is 31.2 Å². The fourth-order valence-corrected chi connectivity index (χ4v) is 3.02. The van der Waals surface area contributed by atoms with E-state index in [4.69, 9.17) is 16.3 Å².